The quantitative estimate of drug-likeness (QED) is 0.595. The van der Waals surface area contributed by atoms with Gasteiger partial charge in [-0.3, -0.25) is 0 Å². The molecule has 2 N–H and O–H groups in total. The fraction of sp³-hybridized carbons (Fsp3) is 1.00. The third kappa shape index (κ3) is 29.4. The van der Waals surface area contributed by atoms with Gasteiger partial charge in [0.25, 0.3) is 0 Å². The maximum atomic E-state index is 5.14. The Kier molecular flexibility index (Phi) is 33.5. The van der Waals surface area contributed by atoms with Crippen LogP contribution in [0.25, 0.3) is 0 Å². The second kappa shape index (κ2) is 23.4. The van der Waals surface area contributed by atoms with Crippen LogP contribution in [0.5, 0.6) is 0 Å². The van der Waals surface area contributed by atoms with E-state index >= 15 is 0 Å². The lowest BCUT2D eigenvalue weighted by Crippen LogP contribution is -1.95. The van der Waals surface area contributed by atoms with Crippen LogP contribution in [0.1, 0.15) is 32.6 Å². The largest absolute Gasteiger partial charge is 0.381 e. The molecule has 85 valence electrons. The van der Waals surface area contributed by atoms with Crippen LogP contribution in [-0.2, 0) is 4.74 Å². The molecule has 0 atom stereocenters. The molecule has 0 spiro atoms. The molecule has 0 aromatic heterocycles. The summed E-state index contributed by atoms with van der Waals surface area (Å²) in [7, 11) is 0. The normalized spacial score (nSPS) is 12.9. The van der Waals surface area contributed by atoms with Crippen LogP contribution in [-0.4, -0.2) is 33.5 Å². The monoisotopic (exact) mass is 240 g/mol. The van der Waals surface area contributed by atoms with E-state index in [9.17, 15) is 0 Å². The van der Waals surface area contributed by atoms with Crippen LogP contribution in [0.15, 0.2) is 0 Å². The van der Waals surface area contributed by atoms with Gasteiger partial charge in [-0.2, -0.15) is 0 Å². The van der Waals surface area contributed by atoms with Crippen molar-refractivity contribution in [3.8, 4) is 0 Å². The van der Waals surface area contributed by atoms with Crippen molar-refractivity contribution in [3.63, 3.8) is 0 Å². The molecule has 2 nitrogen and oxygen atoms in total. The van der Waals surface area contributed by atoms with Crippen LogP contribution < -0.4 is 5.73 Å². The van der Waals surface area contributed by atoms with Crippen molar-refractivity contribution in [2.45, 2.75) is 32.6 Å². The third-order valence-corrected chi connectivity index (χ3v) is 1.39. The molecule has 0 aliphatic carbocycles. The van der Waals surface area contributed by atoms with Gasteiger partial charge in [0.15, 0.2) is 0 Å². The van der Waals surface area contributed by atoms with Crippen molar-refractivity contribution in [3.05, 3.63) is 0 Å². The highest BCUT2D eigenvalue weighted by Crippen LogP contribution is 1.98. The Balaban J connectivity index is -0.000000130. The van der Waals surface area contributed by atoms with Gasteiger partial charge in [-0.1, -0.05) is 13.3 Å². The van der Waals surface area contributed by atoms with Gasteiger partial charge in [0.05, 0.1) is 5.34 Å². The van der Waals surface area contributed by atoms with Gasteiger partial charge in [-0.05, 0) is 25.8 Å². The SMILES string of the molecule is C1CCOC1.CCCCN.ClCCl.[B]. The highest BCUT2D eigenvalue weighted by molar-refractivity contribution is 6.40. The van der Waals surface area contributed by atoms with Crippen LogP contribution in [0.3, 0.4) is 0 Å². The third-order valence-electron chi connectivity index (χ3n) is 1.39. The average molecular weight is 241 g/mol. The lowest BCUT2D eigenvalue weighted by molar-refractivity contribution is 0.198. The van der Waals surface area contributed by atoms with Gasteiger partial charge in [-0.15, -0.1) is 23.2 Å². The van der Waals surface area contributed by atoms with E-state index in [1.165, 1.54) is 25.7 Å². The summed E-state index contributed by atoms with van der Waals surface area (Å²) in [5.74, 6) is 0. The zero-order valence-electron chi connectivity index (χ0n) is 8.98. The molecule has 14 heavy (non-hydrogen) atoms. The number of hydrogen-bond acceptors (Lipinski definition) is 2. The Hall–Kier alpha value is 0.565. The van der Waals surface area contributed by atoms with Gasteiger partial charge in [0, 0.05) is 21.6 Å². The summed E-state index contributed by atoms with van der Waals surface area (Å²) in [6.45, 7) is 4.98. The predicted molar refractivity (Wildman–Crippen MR) is 66.3 cm³/mol. The molecular weight excluding hydrogens is 220 g/mol. The fourth-order valence-corrected chi connectivity index (χ4v) is 0.714. The second-order valence-corrected chi connectivity index (χ2v) is 3.37. The summed E-state index contributed by atoms with van der Waals surface area (Å²) >= 11 is 9.53. The van der Waals surface area contributed by atoms with Crippen LogP contribution >= 0.6 is 23.2 Å². The molecule has 0 amide bonds. The first-order valence-electron chi connectivity index (χ1n) is 4.73. The fourth-order valence-electron chi connectivity index (χ4n) is 0.714. The Morgan fingerprint density at radius 1 is 1.21 bits per heavy atom. The Morgan fingerprint density at radius 2 is 1.64 bits per heavy atom. The Morgan fingerprint density at radius 3 is 1.71 bits per heavy atom. The summed E-state index contributed by atoms with van der Waals surface area (Å²) in [6.07, 6.45) is 4.94. The number of unbranched alkanes of at least 4 members (excludes halogenated alkanes) is 1. The highest BCUT2D eigenvalue weighted by atomic mass is 35.5. The van der Waals surface area contributed by atoms with E-state index in [0.717, 1.165) is 19.8 Å². The molecule has 0 aromatic carbocycles. The van der Waals surface area contributed by atoms with Crippen LogP contribution in [0.4, 0.5) is 0 Å². The summed E-state index contributed by atoms with van der Waals surface area (Å²) in [4.78, 5) is 0. The summed E-state index contributed by atoms with van der Waals surface area (Å²) in [5.41, 5.74) is 5.14. The molecule has 1 rings (SSSR count). The first-order chi connectivity index (χ1) is 6.33. The lowest BCUT2D eigenvalue weighted by atomic mass is 10.3. The van der Waals surface area contributed by atoms with Crippen molar-refractivity contribution in [1.29, 1.82) is 0 Å². The molecule has 1 saturated heterocycles. The Bertz CT molecular complexity index is 66.2. The van der Waals surface area contributed by atoms with E-state index in [-0.39, 0.29) is 13.8 Å². The van der Waals surface area contributed by atoms with Gasteiger partial charge >= 0.3 is 0 Å². The molecule has 3 radical (unpaired) electrons. The smallest absolute Gasteiger partial charge is 0.0967 e. The molecule has 0 unspecified atom stereocenters. The van der Waals surface area contributed by atoms with E-state index in [1.54, 1.807) is 0 Å². The average Bonchev–Trinajstić information content (AvgIpc) is 2.64. The van der Waals surface area contributed by atoms with E-state index in [4.69, 9.17) is 33.7 Å². The van der Waals surface area contributed by atoms with E-state index < -0.39 is 0 Å². The number of halogens is 2. The summed E-state index contributed by atoms with van der Waals surface area (Å²) in [5, 5.41) is 0.194. The van der Waals surface area contributed by atoms with Crippen molar-refractivity contribution in [1.82, 2.24) is 0 Å². The Labute approximate surface area is 100 Å². The molecule has 1 fully saturated rings. The number of rotatable bonds is 2. The van der Waals surface area contributed by atoms with Crippen LogP contribution in [0.2, 0.25) is 0 Å². The predicted octanol–water partition coefficient (Wildman–Crippen LogP) is 2.58. The number of alkyl halides is 2. The molecule has 0 aromatic rings. The standard InChI is InChI=1S/C4H11N.C4H8O.CH2Cl2.B/c1-2-3-4-5;1-2-4-5-3-1;2-1-3;/h2-5H2,1H3;1-4H2;1H2;. The summed E-state index contributed by atoms with van der Waals surface area (Å²) < 4.78 is 4.94. The first-order valence-corrected chi connectivity index (χ1v) is 5.80. The minimum atomic E-state index is 0. The second-order valence-electron chi connectivity index (χ2n) is 2.56. The maximum Gasteiger partial charge on any atom is 0.0967 e. The molecular formula is C9H21BCl2NO. The van der Waals surface area contributed by atoms with Crippen molar-refractivity contribution >= 4 is 31.6 Å². The van der Waals surface area contributed by atoms with Crippen molar-refractivity contribution < 1.29 is 4.74 Å². The topological polar surface area (TPSA) is 35.2 Å². The molecule has 0 bridgehead atoms. The first kappa shape index (κ1) is 20.0. The van der Waals surface area contributed by atoms with Gasteiger partial charge in [-0.25, -0.2) is 0 Å². The van der Waals surface area contributed by atoms with E-state index in [0.29, 0.717) is 0 Å². The zero-order chi connectivity index (χ0) is 10.4. The molecule has 0 saturated carbocycles. The molecule has 5 heteroatoms. The molecule has 1 heterocycles. The molecule has 1 aliphatic rings. The van der Waals surface area contributed by atoms with E-state index in [1.807, 2.05) is 0 Å². The number of hydrogen-bond donors (Lipinski definition) is 1. The van der Waals surface area contributed by atoms with Crippen molar-refractivity contribution in [2.75, 3.05) is 25.1 Å². The van der Waals surface area contributed by atoms with Gasteiger partial charge < -0.3 is 10.5 Å². The minimum absolute atomic E-state index is 0. The highest BCUT2D eigenvalue weighted by Gasteiger charge is 1.94. The summed E-state index contributed by atoms with van der Waals surface area (Å²) in [6, 6.07) is 0. The molecule has 1 aliphatic heterocycles. The van der Waals surface area contributed by atoms with Gasteiger partial charge in [0.1, 0.15) is 0 Å². The van der Waals surface area contributed by atoms with Crippen LogP contribution in [0, 0.1) is 0 Å². The maximum absolute atomic E-state index is 5.14. The van der Waals surface area contributed by atoms with E-state index in [2.05, 4.69) is 6.92 Å². The zero-order valence-corrected chi connectivity index (χ0v) is 10.5. The lowest BCUT2D eigenvalue weighted by Gasteiger charge is -1.80. The minimum Gasteiger partial charge on any atom is -0.381 e. The number of nitrogens with two attached hydrogens (primary N) is 1. The number of ether oxygens (including phenoxy) is 1. The van der Waals surface area contributed by atoms with Gasteiger partial charge in [0.2, 0.25) is 0 Å². The van der Waals surface area contributed by atoms with Crippen molar-refractivity contribution in [2.24, 2.45) is 5.73 Å².